The number of carbonyl (C=O) groups is 1. The summed E-state index contributed by atoms with van der Waals surface area (Å²) in [5.41, 5.74) is 4.55. The normalized spacial score (nSPS) is 26.5. The van der Waals surface area contributed by atoms with Gasteiger partial charge in [-0.15, -0.1) is 22.1 Å². The highest BCUT2D eigenvalue weighted by atomic mass is 32.3. The summed E-state index contributed by atoms with van der Waals surface area (Å²) >= 11 is 1.21. The van der Waals surface area contributed by atoms with Gasteiger partial charge < -0.3 is 15.8 Å². The fourth-order valence-electron chi connectivity index (χ4n) is 4.08. The zero-order valence-electron chi connectivity index (χ0n) is 18.0. The van der Waals surface area contributed by atoms with Crippen LogP contribution < -0.4 is 15.8 Å². The molecule has 3 heterocycles. The van der Waals surface area contributed by atoms with E-state index in [0.717, 1.165) is 19.0 Å². The van der Waals surface area contributed by atoms with Crippen LogP contribution in [0.25, 0.3) is 0 Å². The van der Waals surface area contributed by atoms with Gasteiger partial charge in [-0.25, -0.2) is 19.3 Å². The molecule has 2 atom stereocenters. The van der Waals surface area contributed by atoms with Crippen molar-refractivity contribution in [3.63, 3.8) is 0 Å². The number of alkyl halides is 2. The molecule has 5 N–H and O–H groups in total. The summed E-state index contributed by atoms with van der Waals surface area (Å²) in [6, 6.07) is 2.46. The summed E-state index contributed by atoms with van der Waals surface area (Å²) in [5, 5.41) is 4.04. The maximum atomic E-state index is 12.5. The predicted molar refractivity (Wildman–Crippen MR) is 122 cm³/mol. The van der Waals surface area contributed by atoms with Gasteiger partial charge in [0.15, 0.2) is 0 Å². The summed E-state index contributed by atoms with van der Waals surface area (Å²) in [6.07, 6.45) is 2.66. The van der Waals surface area contributed by atoms with Crippen LogP contribution in [-0.4, -0.2) is 54.2 Å². The molecule has 180 valence electrons. The highest BCUT2D eigenvalue weighted by Gasteiger charge is 2.63. The van der Waals surface area contributed by atoms with Gasteiger partial charge in [0, 0.05) is 12.4 Å². The molecular formula is C19H24F2N6O4S2. The summed E-state index contributed by atoms with van der Waals surface area (Å²) in [7, 11) is -1.79. The maximum Gasteiger partial charge on any atom is 0.387 e. The number of rotatable bonds is 6. The van der Waals surface area contributed by atoms with Gasteiger partial charge in [0.1, 0.15) is 33.1 Å². The number of guanidine groups is 1. The van der Waals surface area contributed by atoms with Crippen molar-refractivity contribution in [1.29, 1.82) is 0 Å². The van der Waals surface area contributed by atoms with Crippen molar-refractivity contribution in [3.05, 3.63) is 34.4 Å². The number of nitrogens with one attached hydrogen (secondary N) is 1. The molecule has 1 fully saturated rings. The van der Waals surface area contributed by atoms with Crippen molar-refractivity contribution in [1.82, 2.24) is 14.3 Å². The lowest BCUT2D eigenvalue weighted by molar-refractivity contribution is -0.0500. The Morgan fingerprint density at radius 3 is 2.67 bits per heavy atom. The SMILES string of the molecule is CN1C(N)=N[C@](C)(c2nc(NC(=O)c3ccc(OC(F)F)cn3)cs2)[C@@H](C2(C)CC2)S1(O)O. The molecule has 4 rings (SSSR count). The summed E-state index contributed by atoms with van der Waals surface area (Å²) in [6.45, 7) is 0.763. The van der Waals surface area contributed by atoms with E-state index < -0.39 is 34.1 Å². The number of carbonyl (C=O) groups excluding carboxylic acids is 1. The van der Waals surface area contributed by atoms with E-state index in [-0.39, 0.29) is 28.6 Å². The van der Waals surface area contributed by atoms with Crippen LogP contribution in [0.4, 0.5) is 14.6 Å². The average Bonchev–Trinajstić information content (AvgIpc) is 3.26. The van der Waals surface area contributed by atoms with Crippen molar-refractivity contribution in [3.8, 4) is 5.75 Å². The maximum absolute atomic E-state index is 12.5. The Kier molecular flexibility index (Phi) is 5.75. The molecule has 0 radical (unpaired) electrons. The quantitative estimate of drug-likeness (QED) is 0.468. The minimum absolute atomic E-state index is 0.00547. The second-order valence-corrected chi connectivity index (χ2v) is 11.5. The van der Waals surface area contributed by atoms with Gasteiger partial charge in [-0.3, -0.25) is 13.9 Å². The zero-order chi connectivity index (χ0) is 24.2. The van der Waals surface area contributed by atoms with Crippen molar-refractivity contribution >= 4 is 39.8 Å². The summed E-state index contributed by atoms with van der Waals surface area (Å²) in [4.78, 5) is 25.4. The number of aromatic nitrogens is 2. The lowest BCUT2D eigenvalue weighted by Gasteiger charge is -2.56. The highest BCUT2D eigenvalue weighted by molar-refractivity contribution is 8.23. The number of ether oxygens (including phenoxy) is 1. The zero-order valence-corrected chi connectivity index (χ0v) is 19.7. The predicted octanol–water partition coefficient (Wildman–Crippen LogP) is 3.70. The largest absolute Gasteiger partial charge is 0.433 e. The molecule has 14 heteroatoms. The topological polar surface area (TPSA) is 146 Å². The third kappa shape index (κ3) is 4.23. The number of pyridine rings is 1. The van der Waals surface area contributed by atoms with Crippen LogP contribution in [0.2, 0.25) is 0 Å². The first-order chi connectivity index (χ1) is 15.4. The molecule has 1 aliphatic carbocycles. The number of thiazole rings is 1. The first-order valence-corrected chi connectivity index (χ1v) is 12.4. The van der Waals surface area contributed by atoms with Crippen molar-refractivity contribution in [2.45, 2.75) is 44.1 Å². The number of amides is 1. The van der Waals surface area contributed by atoms with Crippen LogP contribution in [0.5, 0.6) is 5.75 Å². The summed E-state index contributed by atoms with van der Waals surface area (Å²) in [5.74, 6) is -0.544. The van der Waals surface area contributed by atoms with E-state index in [1.54, 1.807) is 12.3 Å². The van der Waals surface area contributed by atoms with E-state index in [4.69, 9.17) is 5.73 Å². The van der Waals surface area contributed by atoms with Gasteiger partial charge in [0.25, 0.3) is 5.91 Å². The number of hydrogen-bond donors (Lipinski definition) is 4. The Morgan fingerprint density at radius 1 is 1.39 bits per heavy atom. The standard InChI is InChI=1S/C19H24F2N6O4S2/c1-18(6-7-18)14-19(2,26-17(22)27(3)33(14,29)30)15-25-12(9-32-15)24-13(28)11-5-4-10(8-23-11)31-16(20)21/h4-5,8-9,14,16,29-30H,6-7H2,1-3H3,(H2,22,26)(H,24,28)/t14-,19+/m1/s1. The lowest BCUT2D eigenvalue weighted by Crippen LogP contribution is -2.56. The number of halogens is 2. The van der Waals surface area contributed by atoms with Gasteiger partial charge in [0.05, 0.1) is 6.20 Å². The van der Waals surface area contributed by atoms with E-state index in [0.29, 0.717) is 5.01 Å². The molecule has 1 saturated carbocycles. The lowest BCUT2D eigenvalue weighted by atomic mass is 9.87. The number of anilines is 1. The van der Waals surface area contributed by atoms with Gasteiger partial charge in [-0.2, -0.15) is 8.78 Å². The molecule has 1 amide bonds. The molecule has 0 spiro atoms. The molecule has 10 nitrogen and oxygen atoms in total. The monoisotopic (exact) mass is 502 g/mol. The fraction of sp³-hybridized carbons (Fsp3) is 0.474. The number of hydrogen-bond acceptors (Lipinski definition) is 10. The molecule has 2 aromatic rings. The van der Waals surface area contributed by atoms with Gasteiger partial charge in [-0.05, 0) is 37.3 Å². The summed E-state index contributed by atoms with van der Waals surface area (Å²) < 4.78 is 52.1. The molecular weight excluding hydrogens is 478 g/mol. The van der Waals surface area contributed by atoms with E-state index >= 15 is 0 Å². The van der Waals surface area contributed by atoms with Crippen LogP contribution in [0, 0.1) is 5.41 Å². The molecule has 33 heavy (non-hydrogen) atoms. The molecule has 2 aromatic heterocycles. The highest BCUT2D eigenvalue weighted by Crippen LogP contribution is 2.69. The van der Waals surface area contributed by atoms with Gasteiger partial charge in [0.2, 0.25) is 5.96 Å². The molecule has 0 bridgehead atoms. The van der Waals surface area contributed by atoms with E-state index in [1.165, 1.54) is 34.8 Å². The average molecular weight is 503 g/mol. The second-order valence-electron chi connectivity index (χ2n) is 8.46. The van der Waals surface area contributed by atoms with E-state index in [2.05, 4.69) is 25.0 Å². The Labute approximate surface area is 194 Å². The Hall–Kier alpha value is -2.55. The fourth-order valence-corrected chi connectivity index (χ4v) is 7.46. The van der Waals surface area contributed by atoms with Gasteiger partial charge in [-0.1, -0.05) is 6.92 Å². The number of nitrogens with two attached hydrogens (primary N) is 1. The third-order valence-corrected chi connectivity index (χ3v) is 9.67. The number of nitrogens with zero attached hydrogens (tertiary/aromatic N) is 4. The van der Waals surface area contributed by atoms with Crippen molar-refractivity contribution in [2.24, 2.45) is 16.1 Å². The van der Waals surface area contributed by atoms with E-state index in [9.17, 15) is 22.7 Å². The Morgan fingerprint density at radius 2 is 2.09 bits per heavy atom. The number of aliphatic imine (C=N–C) groups is 1. The Balaban J connectivity index is 1.59. The van der Waals surface area contributed by atoms with Crippen LogP contribution >= 0.6 is 22.1 Å². The van der Waals surface area contributed by atoms with Crippen LogP contribution in [-0.2, 0) is 5.54 Å². The van der Waals surface area contributed by atoms with Gasteiger partial charge >= 0.3 is 6.61 Å². The van der Waals surface area contributed by atoms with Crippen molar-refractivity contribution < 1.29 is 27.4 Å². The van der Waals surface area contributed by atoms with E-state index in [1.807, 2.05) is 6.92 Å². The first kappa shape index (κ1) is 23.6. The van der Waals surface area contributed by atoms with Crippen LogP contribution in [0.3, 0.4) is 0 Å². The second kappa shape index (κ2) is 8.04. The van der Waals surface area contributed by atoms with Crippen LogP contribution in [0.1, 0.15) is 42.2 Å². The first-order valence-electron chi connectivity index (χ1n) is 9.91. The molecule has 0 aromatic carbocycles. The minimum Gasteiger partial charge on any atom is -0.433 e. The third-order valence-electron chi connectivity index (χ3n) is 5.94. The van der Waals surface area contributed by atoms with Crippen LogP contribution in [0.15, 0.2) is 28.7 Å². The Bertz CT molecular complexity index is 1090. The molecule has 0 unspecified atom stereocenters. The molecule has 0 saturated heterocycles. The molecule has 1 aliphatic heterocycles. The molecule has 2 aliphatic rings. The van der Waals surface area contributed by atoms with Crippen molar-refractivity contribution in [2.75, 3.05) is 12.4 Å². The smallest absolute Gasteiger partial charge is 0.387 e. The minimum atomic E-state index is -3.29.